The smallest absolute Gasteiger partial charge is 0.328 e. The lowest BCUT2D eigenvalue weighted by molar-refractivity contribution is -0.145. The highest BCUT2D eigenvalue weighted by Crippen LogP contribution is 1.96. The van der Waals surface area contributed by atoms with Crippen molar-refractivity contribution in [2.24, 2.45) is 0 Å². The third kappa shape index (κ3) is 7.48. The predicted molar refractivity (Wildman–Crippen MR) is 64.6 cm³/mol. The van der Waals surface area contributed by atoms with E-state index in [0.717, 1.165) is 13.0 Å². The summed E-state index contributed by atoms with van der Waals surface area (Å²) in [6.07, 6.45) is 1.73. The lowest BCUT2D eigenvalue weighted by Crippen LogP contribution is -2.41. The second kappa shape index (κ2) is 10.7. The molecule has 0 saturated heterocycles. The molecule has 0 saturated carbocycles. The number of methoxy groups -OCH3 is 1. The van der Waals surface area contributed by atoms with Crippen molar-refractivity contribution in [3.05, 3.63) is 0 Å². The standard InChI is InChI=1S/C10H20N2O3.ClH/c1-4-8(10(14)15-3)12-9(13)6-5-7-11-2;/h8,11H,4-7H2,1-3H3,(H,12,13);1H. The Morgan fingerprint density at radius 1 is 1.38 bits per heavy atom. The van der Waals surface area contributed by atoms with E-state index in [-0.39, 0.29) is 24.3 Å². The zero-order valence-electron chi connectivity index (χ0n) is 10.0. The molecule has 5 nitrogen and oxygen atoms in total. The number of esters is 1. The Morgan fingerprint density at radius 2 is 2.00 bits per heavy atom. The van der Waals surface area contributed by atoms with Crippen molar-refractivity contribution in [3.8, 4) is 0 Å². The molecular weight excluding hydrogens is 232 g/mol. The monoisotopic (exact) mass is 252 g/mol. The quantitative estimate of drug-likeness (QED) is 0.511. The molecule has 0 radical (unpaired) electrons. The molecule has 0 aromatic rings. The van der Waals surface area contributed by atoms with Gasteiger partial charge in [-0.15, -0.1) is 12.4 Å². The number of hydrogen-bond acceptors (Lipinski definition) is 4. The molecule has 0 heterocycles. The summed E-state index contributed by atoms with van der Waals surface area (Å²) in [5.74, 6) is -0.498. The molecule has 0 aliphatic carbocycles. The van der Waals surface area contributed by atoms with Gasteiger partial charge in [-0.25, -0.2) is 4.79 Å². The van der Waals surface area contributed by atoms with Crippen LogP contribution in [0.25, 0.3) is 0 Å². The molecule has 0 rings (SSSR count). The minimum Gasteiger partial charge on any atom is -0.467 e. The molecule has 6 heteroatoms. The second-order valence-corrected chi connectivity index (χ2v) is 3.26. The van der Waals surface area contributed by atoms with E-state index < -0.39 is 6.04 Å². The van der Waals surface area contributed by atoms with Crippen molar-refractivity contribution < 1.29 is 14.3 Å². The molecule has 0 bridgehead atoms. The van der Waals surface area contributed by atoms with Crippen LogP contribution in [0.5, 0.6) is 0 Å². The van der Waals surface area contributed by atoms with E-state index in [4.69, 9.17) is 0 Å². The molecule has 1 atom stereocenters. The van der Waals surface area contributed by atoms with Crippen LogP contribution in [0.15, 0.2) is 0 Å². The van der Waals surface area contributed by atoms with Crippen LogP contribution in [0.1, 0.15) is 26.2 Å². The van der Waals surface area contributed by atoms with Gasteiger partial charge in [-0.05, 0) is 26.4 Å². The number of rotatable bonds is 7. The van der Waals surface area contributed by atoms with E-state index in [0.29, 0.717) is 12.8 Å². The van der Waals surface area contributed by atoms with Gasteiger partial charge in [-0.1, -0.05) is 6.92 Å². The molecule has 2 N–H and O–H groups in total. The molecule has 0 fully saturated rings. The first-order chi connectivity index (χ1) is 7.15. The van der Waals surface area contributed by atoms with Crippen molar-refractivity contribution in [2.45, 2.75) is 32.2 Å². The Kier molecular flexibility index (Phi) is 11.8. The van der Waals surface area contributed by atoms with Crippen LogP contribution in [-0.4, -0.2) is 38.6 Å². The lowest BCUT2D eigenvalue weighted by Gasteiger charge is -2.14. The molecule has 1 amide bonds. The van der Waals surface area contributed by atoms with Crippen molar-refractivity contribution in [1.29, 1.82) is 0 Å². The van der Waals surface area contributed by atoms with Crippen molar-refractivity contribution in [1.82, 2.24) is 10.6 Å². The van der Waals surface area contributed by atoms with E-state index in [1.54, 1.807) is 0 Å². The Hall–Kier alpha value is -0.810. The molecule has 1 unspecified atom stereocenters. The van der Waals surface area contributed by atoms with Gasteiger partial charge in [0.2, 0.25) is 5.91 Å². The van der Waals surface area contributed by atoms with Crippen molar-refractivity contribution in [3.63, 3.8) is 0 Å². The zero-order valence-corrected chi connectivity index (χ0v) is 10.9. The van der Waals surface area contributed by atoms with E-state index >= 15 is 0 Å². The summed E-state index contributed by atoms with van der Waals surface area (Å²) in [6, 6.07) is -0.517. The maximum absolute atomic E-state index is 11.4. The van der Waals surface area contributed by atoms with Gasteiger partial charge in [0.1, 0.15) is 6.04 Å². The fourth-order valence-electron chi connectivity index (χ4n) is 1.16. The van der Waals surface area contributed by atoms with E-state index in [2.05, 4.69) is 15.4 Å². The summed E-state index contributed by atoms with van der Waals surface area (Å²) in [7, 11) is 3.15. The topological polar surface area (TPSA) is 67.4 Å². The summed E-state index contributed by atoms with van der Waals surface area (Å²) in [5, 5.41) is 5.59. The van der Waals surface area contributed by atoms with Crippen LogP contribution in [-0.2, 0) is 14.3 Å². The van der Waals surface area contributed by atoms with Gasteiger partial charge in [0.25, 0.3) is 0 Å². The van der Waals surface area contributed by atoms with E-state index in [9.17, 15) is 9.59 Å². The van der Waals surface area contributed by atoms with Crippen LogP contribution in [0.2, 0.25) is 0 Å². The second-order valence-electron chi connectivity index (χ2n) is 3.26. The first-order valence-corrected chi connectivity index (χ1v) is 5.17. The average Bonchev–Trinajstić information content (AvgIpc) is 2.25. The largest absolute Gasteiger partial charge is 0.467 e. The first kappa shape index (κ1) is 17.6. The number of nitrogens with one attached hydrogen (secondary N) is 2. The number of ether oxygens (including phenoxy) is 1. The molecule has 0 spiro atoms. The number of hydrogen-bond donors (Lipinski definition) is 2. The normalized spacial score (nSPS) is 11.2. The van der Waals surface area contributed by atoms with Gasteiger partial charge in [-0.3, -0.25) is 4.79 Å². The predicted octanol–water partition coefficient (Wildman–Crippen LogP) is 0.476. The average molecular weight is 253 g/mol. The number of halogens is 1. The Morgan fingerprint density at radius 3 is 2.44 bits per heavy atom. The highest BCUT2D eigenvalue weighted by Gasteiger charge is 2.18. The summed E-state index contributed by atoms with van der Waals surface area (Å²) in [6.45, 7) is 2.62. The van der Waals surface area contributed by atoms with Crippen LogP contribution in [0, 0.1) is 0 Å². The van der Waals surface area contributed by atoms with Gasteiger partial charge < -0.3 is 15.4 Å². The molecule has 0 aliphatic rings. The van der Waals surface area contributed by atoms with Crippen LogP contribution in [0.3, 0.4) is 0 Å². The van der Waals surface area contributed by atoms with Crippen LogP contribution in [0.4, 0.5) is 0 Å². The highest BCUT2D eigenvalue weighted by molar-refractivity contribution is 5.85. The molecule has 0 aliphatic heterocycles. The fourth-order valence-corrected chi connectivity index (χ4v) is 1.16. The third-order valence-corrected chi connectivity index (χ3v) is 2.06. The molecular formula is C10H21ClN2O3. The van der Waals surface area contributed by atoms with Crippen LogP contribution >= 0.6 is 12.4 Å². The summed E-state index contributed by atoms with van der Waals surface area (Å²) < 4.78 is 4.56. The fraction of sp³-hybridized carbons (Fsp3) is 0.800. The maximum Gasteiger partial charge on any atom is 0.328 e. The van der Waals surface area contributed by atoms with Crippen molar-refractivity contribution >= 4 is 24.3 Å². The van der Waals surface area contributed by atoms with E-state index in [1.807, 2.05) is 14.0 Å². The van der Waals surface area contributed by atoms with Crippen molar-refractivity contribution in [2.75, 3.05) is 20.7 Å². The third-order valence-electron chi connectivity index (χ3n) is 2.06. The summed E-state index contributed by atoms with van der Waals surface area (Å²) >= 11 is 0. The molecule has 0 aromatic carbocycles. The zero-order chi connectivity index (χ0) is 11.7. The summed E-state index contributed by atoms with van der Waals surface area (Å²) in [4.78, 5) is 22.5. The lowest BCUT2D eigenvalue weighted by atomic mass is 10.2. The van der Waals surface area contributed by atoms with Gasteiger partial charge in [0, 0.05) is 6.42 Å². The minimum absolute atomic E-state index is 0. The Balaban J connectivity index is 0. The Bertz CT molecular complexity index is 212. The number of amides is 1. The first-order valence-electron chi connectivity index (χ1n) is 5.17. The maximum atomic E-state index is 11.4. The molecule has 0 aromatic heterocycles. The van der Waals surface area contributed by atoms with E-state index in [1.165, 1.54) is 7.11 Å². The van der Waals surface area contributed by atoms with Crippen LogP contribution < -0.4 is 10.6 Å². The van der Waals surface area contributed by atoms with Gasteiger partial charge >= 0.3 is 5.97 Å². The number of carbonyl (C=O) groups excluding carboxylic acids is 2. The Labute approximate surface area is 103 Å². The molecule has 16 heavy (non-hydrogen) atoms. The minimum atomic E-state index is -0.517. The molecule has 96 valence electrons. The number of carbonyl (C=O) groups is 2. The van der Waals surface area contributed by atoms with Gasteiger partial charge in [-0.2, -0.15) is 0 Å². The van der Waals surface area contributed by atoms with Gasteiger partial charge in [0.15, 0.2) is 0 Å². The SMILES string of the molecule is CCC(NC(=O)CCCNC)C(=O)OC.Cl. The van der Waals surface area contributed by atoms with Gasteiger partial charge in [0.05, 0.1) is 7.11 Å². The highest BCUT2D eigenvalue weighted by atomic mass is 35.5. The summed E-state index contributed by atoms with van der Waals surface area (Å²) in [5.41, 5.74) is 0.